The first-order chi connectivity index (χ1) is 17.0. The van der Waals surface area contributed by atoms with E-state index in [1.165, 1.54) is 11.8 Å². The summed E-state index contributed by atoms with van der Waals surface area (Å²) in [6.45, 7) is 0.323. The molecule has 1 aliphatic rings. The molecular formula is C26H24ClN3O4S. The second kappa shape index (κ2) is 11.3. The van der Waals surface area contributed by atoms with Crippen LogP contribution in [0.25, 0.3) is 0 Å². The highest BCUT2D eigenvalue weighted by Gasteiger charge is 2.36. The number of amides is 2. The second-order valence-electron chi connectivity index (χ2n) is 7.70. The fourth-order valence-electron chi connectivity index (χ4n) is 3.45. The van der Waals surface area contributed by atoms with Crippen LogP contribution in [0.2, 0.25) is 5.02 Å². The van der Waals surface area contributed by atoms with Gasteiger partial charge in [-0.2, -0.15) is 0 Å². The summed E-state index contributed by atoms with van der Waals surface area (Å²) >= 11 is 7.44. The number of anilines is 1. The first kappa shape index (κ1) is 24.6. The molecule has 0 unspecified atom stereocenters. The van der Waals surface area contributed by atoms with Crippen LogP contribution in [0, 0.1) is 0 Å². The summed E-state index contributed by atoms with van der Waals surface area (Å²) in [5.41, 5.74) is 2.07. The van der Waals surface area contributed by atoms with Crippen molar-refractivity contribution in [3.63, 3.8) is 0 Å². The highest BCUT2D eigenvalue weighted by molar-refractivity contribution is 8.15. The first-order valence-electron chi connectivity index (χ1n) is 10.8. The lowest BCUT2D eigenvalue weighted by atomic mass is 10.2. The number of carbonyl (C=O) groups is 2. The Hall–Kier alpha value is -3.49. The number of rotatable bonds is 7. The van der Waals surface area contributed by atoms with Gasteiger partial charge in [-0.1, -0.05) is 47.6 Å². The average Bonchev–Trinajstić information content (AvgIpc) is 2.88. The number of amidine groups is 1. The molecule has 7 nitrogen and oxygen atoms in total. The zero-order valence-electron chi connectivity index (χ0n) is 19.2. The van der Waals surface area contributed by atoms with E-state index in [4.69, 9.17) is 26.1 Å². The van der Waals surface area contributed by atoms with Crippen LogP contribution >= 0.6 is 23.4 Å². The molecule has 0 aliphatic carbocycles. The number of nitrogens with one attached hydrogen (secondary N) is 1. The Morgan fingerprint density at radius 2 is 1.66 bits per heavy atom. The van der Waals surface area contributed by atoms with Crippen molar-refractivity contribution in [2.24, 2.45) is 4.99 Å². The normalized spacial score (nSPS) is 16.8. The van der Waals surface area contributed by atoms with Gasteiger partial charge in [0.1, 0.15) is 16.7 Å². The molecule has 1 fully saturated rings. The lowest BCUT2D eigenvalue weighted by Crippen LogP contribution is -2.44. The third-order valence-electron chi connectivity index (χ3n) is 5.36. The van der Waals surface area contributed by atoms with Crippen molar-refractivity contribution in [3.05, 3.63) is 83.4 Å². The van der Waals surface area contributed by atoms with Gasteiger partial charge >= 0.3 is 0 Å². The molecule has 0 bridgehead atoms. The van der Waals surface area contributed by atoms with E-state index in [1.54, 1.807) is 67.7 Å². The van der Waals surface area contributed by atoms with Gasteiger partial charge in [0.05, 0.1) is 37.2 Å². The molecule has 1 N–H and O–H groups in total. The Balaban J connectivity index is 1.60. The number of nitrogens with zero attached hydrogens (tertiary/aromatic N) is 2. The van der Waals surface area contributed by atoms with Crippen molar-refractivity contribution in [3.8, 4) is 11.5 Å². The third-order valence-corrected chi connectivity index (χ3v) is 6.88. The molecule has 2 amide bonds. The van der Waals surface area contributed by atoms with Crippen molar-refractivity contribution < 1.29 is 19.1 Å². The zero-order chi connectivity index (χ0) is 24.8. The van der Waals surface area contributed by atoms with Gasteiger partial charge in [-0.25, -0.2) is 4.99 Å². The van der Waals surface area contributed by atoms with Crippen LogP contribution in [0.15, 0.2) is 77.8 Å². The van der Waals surface area contributed by atoms with Gasteiger partial charge < -0.3 is 14.8 Å². The Morgan fingerprint density at radius 1 is 1.03 bits per heavy atom. The molecule has 35 heavy (non-hydrogen) atoms. The number of carbonyl (C=O) groups excluding carboxylic acids is 2. The maximum atomic E-state index is 13.2. The molecule has 0 radical (unpaired) electrons. The van der Waals surface area contributed by atoms with Gasteiger partial charge in [-0.15, -0.1) is 0 Å². The molecule has 1 atom stereocenters. The Kier molecular flexibility index (Phi) is 7.94. The fourth-order valence-corrected chi connectivity index (χ4v) is 4.73. The quantitative estimate of drug-likeness (QED) is 0.453. The van der Waals surface area contributed by atoms with Crippen LogP contribution in [-0.4, -0.2) is 41.4 Å². The van der Waals surface area contributed by atoms with Crippen molar-refractivity contribution in [1.82, 2.24) is 4.90 Å². The number of para-hydroxylation sites is 1. The summed E-state index contributed by atoms with van der Waals surface area (Å²) in [4.78, 5) is 32.6. The third kappa shape index (κ3) is 6.15. The SMILES string of the molecule is COc1ccc(CN2C(=O)C[C@@H](C(=O)Nc3ccccc3Cl)SC2=Nc2ccc(OC)cc2)cc1. The van der Waals surface area contributed by atoms with E-state index in [0.29, 0.717) is 33.9 Å². The van der Waals surface area contributed by atoms with E-state index in [1.807, 2.05) is 24.3 Å². The van der Waals surface area contributed by atoms with E-state index in [0.717, 1.165) is 11.3 Å². The van der Waals surface area contributed by atoms with Crippen molar-refractivity contribution >= 4 is 51.7 Å². The fraction of sp³-hybridized carbons (Fsp3) is 0.192. The topological polar surface area (TPSA) is 80.2 Å². The molecule has 1 aliphatic heterocycles. The first-order valence-corrected chi connectivity index (χ1v) is 12.1. The predicted molar refractivity (Wildman–Crippen MR) is 140 cm³/mol. The molecule has 4 rings (SSSR count). The van der Waals surface area contributed by atoms with E-state index < -0.39 is 5.25 Å². The van der Waals surface area contributed by atoms with Crippen LogP contribution in [0.5, 0.6) is 11.5 Å². The number of hydrogen-bond acceptors (Lipinski definition) is 6. The summed E-state index contributed by atoms with van der Waals surface area (Å²) in [7, 11) is 3.20. The van der Waals surface area contributed by atoms with Gasteiger partial charge in [0.25, 0.3) is 0 Å². The average molecular weight is 510 g/mol. The summed E-state index contributed by atoms with van der Waals surface area (Å²) in [6, 6.07) is 21.7. The predicted octanol–water partition coefficient (Wildman–Crippen LogP) is 5.52. The van der Waals surface area contributed by atoms with E-state index >= 15 is 0 Å². The van der Waals surface area contributed by atoms with Crippen molar-refractivity contribution in [2.45, 2.75) is 18.2 Å². The van der Waals surface area contributed by atoms with E-state index in [2.05, 4.69) is 5.32 Å². The molecule has 180 valence electrons. The van der Waals surface area contributed by atoms with Crippen LogP contribution in [0.1, 0.15) is 12.0 Å². The smallest absolute Gasteiger partial charge is 0.238 e. The van der Waals surface area contributed by atoms with E-state index in [-0.39, 0.29) is 18.2 Å². The monoisotopic (exact) mass is 509 g/mol. The van der Waals surface area contributed by atoms with Crippen LogP contribution in [0.4, 0.5) is 11.4 Å². The summed E-state index contributed by atoms with van der Waals surface area (Å²) in [6.07, 6.45) is 0.0404. The van der Waals surface area contributed by atoms with Gasteiger partial charge in [-0.05, 0) is 54.1 Å². The molecule has 0 spiro atoms. The number of benzene rings is 3. The molecule has 9 heteroatoms. The number of ether oxygens (including phenoxy) is 2. The highest BCUT2D eigenvalue weighted by atomic mass is 35.5. The minimum atomic E-state index is -0.650. The minimum absolute atomic E-state index is 0.0404. The standard InChI is InChI=1S/C26H24ClN3O4S/c1-33-19-11-7-17(8-12-19)16-30-24(31)15-23(25(32)29-22-6-4-3-5-21(22)27)35-26(30)28-18-9-13-20(34-2)14-10-18/h3-14,23H,15-16H2,1-2H3,(H,29,32)/t23-/m0/s1. The molecule has 3 aromatic rings. The maximum absolute atomic E-state index is 13.2. The van der Waals surface area contributed by atoms with Crippen molar-refractivity contribution in [2.75, 3.05) is 19.5 Å². The molecule has 0 saturated carbocycles. The minimum Gasteiger partial charge on any atom is -0.497 e. The summed E-state index contributed by atoms with van der Waals surface area (Å²) in [5, 5.41) is 3.06. The van der Waals surface area contributed by atoms with Crippen LogP contribution in [0.3, 0.4) is 0 Å². The van der Waals surface area contributed by atoms with Crippen LogP contribution in [-0.2, 0) is 16.1 Å². The van der Waals surface area contributed by atoms with Gasteiger partial charge in [0.15, 0.2) is 5.17 Å². The van der Waals surface area contributed by atoms with Gasteiger partial charge in [0, 0.05) is 6.42 Å². The molecule has 1 saturated heterocycles. The Bertz CT molecular complexity index is 1230. The number of halogens is 1. The molecular weight excluding hydrogens is 486 g/mol. The van der Waals surface area contributed by atoms with E-state index in [9.17, 15) is 9.59 Å². The molecule has 1 heterocycles. The second-order valence-corrected chi connectivity index (χ2v) is 9.28. The Morgan fingerprint density at radius 3 is 2.29 bits per heavy atom. The summed E-state index contributed by atoms with van der Waals surface area (Å²) in [5.74, 6) is 0.944. The lowest BCUT2D eigenvalue weighted by Gasteiger charge is -2.32. The lowest BCUT2D eigenvalue weighted by molar-refractivity contribution is -0.129. The van der Waals surface area contributed by atoms with Crippen molar-refractivity contribution in [1.29, 1.82) is 0 Å². The number of methoxy groups -OCH3 is 2. The van der Waals surface area contributed by atoms with Gasteiger partial charge in [-0.3, -0.25) is 14.5 Å². The summed E-state index contributed by atoms with van der Waals surface area (Å²) < 4.78 is 10.4. The number of aliphatic imine (C=N–C) groups is 1. The maximum Gasteiger partial charge on any atom is 0.238 e. The van der Waals surface area contributed by atoms with Gasteiger partial charge in [0.2, 0.25) is 11.8 Å². The van der Waals surface area contributed by atoms with Crippen LogP contribution < -0.4 is 14.8 Å². The zero-order valence-corrected chi connectivity index (χ0v) is 20.8. The number of hydrogen-bond donors (Lipinski definition) is 1. The molecule has 0 aromatic heterocycles. The largest absolute Gasteiger partial charge is 0.497 e. The molecule has 3 aromatic carbocycles. The Labute approximate surface area is 213 Å². The highest BCUT2D eigenvalue weighted by Crippen LogP contribution is 2.32. The number of thioether (sulfide) groups is 1.